The number of benzene rings is 1. The van der Waals surface area contributed by atoms with Crippen LogP contribution in [0.4, 0.5) is 0 Å². The fourth-order valence-corrected chi connectivity index (χ4v) is 3.67. The number of rotatable bonds is 4. The first-order valence-electron chi connectivity index (χ1n) is 7.34. The Bertz CT molecular complexity index is 446. The zero-order valence-electron chi connectivity index (χ0n) is 12.3. The molecule has 0 spiro atoms. The van der Waals surface area contributed by atoms with Gasteiger partial charge in [0.25, 0.3) is 0 Å². The second-order valence-corrected chi connectivity index (χ2v) is 6.58. The molecule has 1 aliphatic rings. The van der Waals surface area contributed by atoms with Gasteiger partial charge >= 0.3 is 0 Å². The predicted octanol–water partition coefficient (Wildman–Crippen LogP) is 2.74. The number of thioether (sulfide) groups is 1. The maximum Gasteiger partial charge on any atom is 0.240 e. The Morgan fingerprint density at radius 3 is 2.80 bits per heavy atom. The summed E-state index contributed by atoms with van der Waals surface area (Å²) in [4.78, 5) is 14.5. The minimum absolute atomic E-state index is 0.109. The molecule has 0 aliphatic carbocycles. The van der Waals surface area contributed by atoms with E-state index < -0.39 is 0 Å². The largest absolute Gasteiger partial charge is 0.333 e. The summed E-state index contributed by atoms with van der Waals surface area (Å²) >= 11 is 1.91. The van der Waals surface area contributed by atoms with Gasteiger partial charge in [0.1, 0.15) is 0 Å². The van der Waals surface area contributed by atoms with Crippen molar-refractivity contribution in [3.8, 4) is 0 Å². The first-order chi connectivity index (χ1) is 9.63. The van der Waals surface area contributed by atoms with E-state index in [9.17, 15) is 4.79 Å². The summed E-state index contributed by atoms with van der Waals surface area (Å²) in [5.41, 5.74) is 8.50. The van der Waals surface area contributed by atoms with Crippen LogP contribution in [-0.4, -0.2) is 34.9 Å². The topological polar surface area (TPSA) is 46.3 Å². The highest BCUT2D eigenvalue weighted by Gasteiger charge is 2.30. The van der Waals surface area contributed by atoms with E-state index in [1.165, 1.54) is 11.1 Å². The Balaban J connectivity index is 2.16. The van der Waals surface area contributed by atoms with E-state index in [0.29, 0.717) is 0 Å². The molecule has 0 bridgehead atoms. The molecule has 20 heavy (non-hydrogen) atoms. The van der Waals surface area contributed by atoms with Crippen LogP contribution in [0.2, 0.25) is 0 Å². The number of amides is 1. The molecule has 1 heterocycles. The number of hydrogen-bond donors (Lipinski definition) is 1. The van der Waals surface area contributed by atoms with E-state index in [1.54, 1.807) is 0 Å². The minimum Gasteiger partial charge on any atom is -0.333 e. The molecule has 1 amide bonds. The average molecular weight is 292 g/mol. The van der Waals surface area contributed by atoms with E-state index in [0.717, 1.165) is 30.9 Å². The lowest BCUT2D eigenvalue weighted by Crippen LogP contribution is -2.48. The van der Waals surface area contributed by atoms with Gasteiger partial charge < -0.3 is 10.6 Å². The summed E-state index contributed by atoms with van der Waals surface area (Å²) in [5.74, 6) is 2.08. The van der Waals surface area contributed by atoms with Gasteiger partial charge in [-0.25, -0.2) is 0 Å². The Kier molecular flexibility index (Phi) is 5.49. The van der Waals surface area contributed by atoms with Gasteiger partial charge in [-0.15, -0.1) is 0 Å². The number of nitrogens with two attached hydrogens (primary N) is 1. The second-order valence-electron chi connectivity index (χ2n) is 5.43. The molecule has 1 aromatic rings. The molecule has 1 saturated heterocycles. The highest BCUT2D eigenvalue weighted by atomic mass is 32.2. The molecule has 2 rings (SSSR count). The number of carbonyl (C=O) groups is 1. The molecule has 0 saturated carbocycles. The third-order valence-corrected chi connectivity index (χ3v) is 4.81. The normalized spacial score (nSPS) is 20.8. The van der Waals surface area contributed by atoms with Crippen molar-refractivity contribution in [1.29, 1.82) is 0 Å². The summed E-state index contributed by atoms with van der Waals surface area (Å²) in [6, 6.07) is 8.32. The Morgan fingerprint density at radius 2 is 2.15 bits per heavy atom. The van der Waals surface area contributed by atoms with Crippen molar-refractivity contribution >= 4 is 17.7 Å². The van der Waals surface area contributed by atoms with Gasteiger partial charge in [-0.2, -0.15) is 11.8 Å². The van der Waals surface area contributed by atoms with Crippen LogP contribution in [0.1, 0.15) is 36.9 Å². The smallest absolute Gasteiger partial charge is 0.240 e. The SMILES string of the molecule is CCCC(N)C(=O)N1CCSCC1c1ccc(C)cc1. The Labute approximate surface area is 125 Å². The molecule has 3 nitrogen and oxygen atoms in total. The molecule has 0 aromatic heterocycles. The minimum atomic E-state index is -0.351. The third-order valence-electron chi connectivity index (χ3n) is 3.79. The first kappa shape index (κ1) is 15.4. The summed E-state index contributed by atoms with van der Waals surface area (Å²) < 4.78 is 0. The van der Waals surface area contributed by atoms with Gasteiger partial charge in [0.15, 0.2) is 0 Å². The molecular formula is C16H24N2OS. The molecule has 1 aliphatic heterocycles. The van der Waals surface area contributed by atoms with Crippen molar-refractivity contribution in [2.75, 3.05) is 18.1 Å². The maximum absolute atomic E-state index is 12.5. The summed E-state index contributed by atoms with van der Waals surface area (Å²) in [6.07, 6.45) is 1.72. The molecule has 4 heteroatoms. The van der Waals surface area contributed by atoms with E-state index in [4.69, 9.17) is 5.73 Å². The Morgan fingerprint density at radius 1 is 1.45 bits per heavy atom. The summed E-state index contributed by atoms with van der Waals surface area (Å²) in [6.45, 7) is 4.95. The average Bonchev–Trinajstić information content (AvgIpc) is 2.47. The van der Waals surface area contributed by atoms with Gasteiger partial charge in [0.05, 0.1) is 12.1 Å². The standard InChI is InChI=1S/C16H24N2OS/c1-3-4-14(17)16(19)18-9-10-20-11-15(18)13-7-5-12(2)6-8-13/h5-8,14-15H,3-4,9-11,17H2,1-2H3. The third kappa shape index (κ3) is 3.55. The molecule has 2 N–H and O–H groups in total. The predicted molar refractivity (Wildman–Crippen MR) is 85.8 cm³/mol. The van der Waals surface area contributed by atoms with Gasteiger partial charge in [0, 0.05) is 18.1 Å². The number of carbonyl (C=O) groups excluding carboxylic acids is 1. The van der Waals surface area contributed by atoms with E-state index >= 15 is 0 Å². The van der Waals surface area contributed by atoms with Gasteiger partial charge in [-0.3, -0.25) is 4.79 Å². The van der Waals surface area contributed by atoms with E-state index in [-0.39, 0.29) is 18.0 Å². The van der Waals surface area contributed by atoms with Crippen molar-refractivity contribution in [3.05, 3.63) is 35.4 Å². The lowest BCUT2D eigenvalue weighted by Gasteiger charge is -2.37. The van der Waals surface area contributed by atoms with Gasteiger partial charge in [-0.05, 0) is 18.9 Å². The van der Waals surface area contributed by atoms with Crippen molar-refractivity contribution in [2.24, 2.45) is 5.73 Å². The highest BCUT2D eigenvalue weighted by molar-refractivity contribution is 7.99. The number of nitrogens with zero attached hydrogens (tertiary/aromatic N) is 1. The lowest BCUT2D eigenvalue weighted by molar-refractivity contribution is -0.134. The van der Waals surface area contributed by atoms with Crippen LogP contribution in [0.5, 0.6) is 0 Å². The molecule has 1 aromatic carbocycles. The van der Waals surface area contributed by atoms with E-state index in [1.807, 2.05) is 16.7 Å². The van der Waals surface area contributed by atoms with E-state index in [2.05, 4.69) is 38.1 Å². The van der Waals surface area contributed by atoms with Crippen LogP contribution in [0.3, 0.4) is 0 Å². The molecule has 2 atom stereocenters. The monoisotopic (exact) mass is 292 g/mol. The van der Waals surface area contributed by atoms with Crippen molar-refractivity contribution in [2.45, 2.75) is 38.8 Å². The Hall–Kier alpha value is -1.00. The summed E-state index contributed by atoms with van der Waals surface area (Å²) in [5, 5.41) is 0. The highest BCUT2D eigenvalue weighted by Crippen LogP contribution is 2.30. The van der Waals surface area contributed by atoms with Crippen LogP contribution in [0.25, 0.3) is 0 Å². The first-order valence-corrected chi connectivity index (χ1v) is 8.49. The van der Waals surface area contributed by atoms with Crippen molar-refractivity contribution in [3.63, 3.8) is 0 Å². The molecule has 0 radical (unpaired) electrons. The molecule has 110 valence electrons. The van der Waals surface area contributed by atoms with Crippen LogP contribution in [0.15, 0.2) is 24.3 Å². The molecule has 1 fully saturated rings. The van der Waals surface area contributed by atoms with Crippen molar-refractivity contribution in [1.82, 2.24) is 4.90 Å². The maximum atomic E-state index is 12.5. The number of aryl methyl sites for hydroxylation is 1. The van der Waals surface area contributed by atoms with Crippen LogP contribution in [0, 0.1) is 6.92 Å². The molecular weight excluding hydrogens is 268 g/mol. The fourth-order valence-electron chi connectivity index (χ4n) is 2.58. The van der Waals surface area contributed by atoms with Gasteiger partial charge in [0.2, 0.25) is 5.91 Å². The van der Waals surface area contributed by atoms with Crippen LogP contribution >= 0.6 is 11.8 Å². The molecule has 2 unspecified atom stereocenters. The number of hydrogen-bond acceptors (Lipinski definition) is 3. The van der Waals surface area contributed by atoms with Gasteiger partial charge in [-0.1, -0.05) is 43.2 Å². The zero-order valence-corrected chi connectivity index (χ0v) is 13.2. The summed E-state index contributed by atoms with van der Waals surface area (Å²) in [7, 11) is 0. The van der Waals surface area contributed by atoms with Crippen LogP contribution in [-0.2, 0) is 4.79 Å². The van der Waals surface area contributed by atoms with Crippen molar-refractivity contribution < 1.29 is 4.79 Å². The zero-order chi connectivity index (χ0) is 14.5. The second kappa shape index (κ2) is 7.14. The fraction of sp³-hybridized carbons (Fsp3) is 0.562. The quantitative estimate of drug-likeness (QED) is 0.928. The lowest BCUT2D eigenvalue weighted by atomic mass is 10.0. The van der Waals surface area contributed by atoms with Crippen LogP contribution < -0.4 is 5.73 Å².